The summed E-state index contributed by atoms with van der Waals surface area (Å²) in [6.45, 7) is 0. The Balaban J connectivity index is 1.09. The maximum Gasteiger partial charge on any atom is 0.160 e. The number of hydrogen-bond donors (Lipinski definition) is 0. The fraction of sp³-hybridized carbons (Fsp3) is 0. The number of nitrogens with zero attached hydrogens (tertiary/aromatic N) is 6. The highest BCUT2D eigenvalue weighted by Gasteiger charge is 2.26. The van der Waals surface area contributed by atoms with Crippen LogP contribution in [-0.4, -0.2) is 28.7 Å². The first-order valence-electron chi connectivity index (χ1n) is 23.4. The zero-order chi connectivity index (χ0) is 45.4. The van der Waals surface area contributed by atoms with Crippen LogP contribution >= 0.6 is 0 Å². The summed E-state index contributed by atoms with van der Waals surface area (Å²) in [4.78, 5) is 15.3. The van der Waals surface area contributed by atoms with Gasteiger partial charge in [0, 0.05) is 49.8 Å². The Hall–Kier alpha value is -9.39. The van der Waals surface area contributed by atoms with Gasteiger partial charge in [0.25, 0.3) is 0 Å². The fourth-order valence-corrected chi connectivity index (χ4v) is 10.6. The van der Waals surface area contributed by atoms with E-state index in [1.54, 1.807) is 0 Å². The topological polar surface area (TPSA) is 53.5 Å². The molecular weight excluding hydrogens is 841 g/mol. The standard InChI is InChI=1S/C63H40N6/c1-3-18-42(19-4-1)51-40-52(66-63(65-51)44-20-5-2-6-21-44)43-35-33-41(34-36-43)45-38-59(67-53-27-12-7-22-46(53)47-23-8-13-28-54(47)67)62(69-57-31-16-11-26-50(57)61-58(69)32-17-37-64-61)60(39-45)68-55-29-14-9-24-48(55)49-25-10-15-30-56(49)68/h1-40H. The second-order valence-electron chi connectivity index (χ2n) is 17.6. The van der Waals surface area contributed by atoms with Crippen molar-refractivity contribution in [3.63, 3.8) is 0 Å². The molecule has 5 heterocycles. The number of fused-ring (bicyclic) bond motifs is 9. The number of aromatic nitrogens is 6. The maximum absolute atomic E-state index is 5.18. The van der Waals surface area contributed by atoms with Gasteiger partial charge in [-0.15, -0.1) is 0 Å². The van der Waals surface area contributed by atoms with Gasteiger partial charge in [-0.1, -0.05) is 176 Å². The number of rotatable bonds is 7. The zero-order valence-electron chi connectivity index (χ0n) is 37.3. The van der Waals surface area contributed by atoms with Crippen molar-refractivity contribution in [1.29, 1.82) is 0 Å². The van der Waals surface area contributed by atoms with Crippen LogP contribution < -0.4 is 0 Å². The molecule has 0 saturated carbocycles. The van der Waals surface area contributed by atoms with E-state index in [9.17, 15) is 0 Å². The van der Waals surface area contributed by atoms with Gasteiger partial charge in [0.1, 0.15) is 0 Å². The van der Waals surface area contributed by atoms with Crippen molar-refractivity contribution in [2.45, 2.75) is 0 Å². The lowest BCUT2D eigenvalue weighted by atomic mass is 9.99. The quantitative estimate of drug-likeness (QED) is 0.160. The monoisotopic (exact) mass is 880 g/mol. The number of benzene rings is 9. The summed E-state index contributed by atoms with van der Waals surface area (Å²) in [7, 11) is 0. The van der Waals surface area contributed by atoms with E-state index in [0.717, 1.165) is 100 Å². The maximum atomic E-state index is 5.18. The van der Waals surface area contributed by atoms with Crippen LogP contribution in [0.15, 0.2) is 243 Å². The van der Waals surface area contributed by atoms with Crippen LogP contribution in [-0.2, 0) is 0 Å². The van der Waals surface area contributed by atoms with Crippen molar-refractivity contribution >= 4 is 65.5 Å². The molecule has 0 radical (unpaired) electrons. The van der Waals surface area contributed by atoms with E-state index in [2.05, 4.69) is 226 Å². The van der Waals surface area contributed by atoms with Gasteiger partial charge in [0.15, 0.2) is 5.82 Å². The minimum atomic E-state index is 0.693. The number of pyridine rings is 1. The molecule has 0 amide bonds. The van der Waals surface area contributed by atoms with Crippen LogP contribution in [0.1, 0.15) is 0 Å². The second-order valence-corrected chi connectivity index (χ2v) is 17.6. The van der Waals surface area contributed by atoms with Crippen LogP contribution in [0.5, 0.6) is 0 Å². The number of para-hydroxylation sites is 5. The van der Waals surface area contributed by atoms with Crippen LogP contribution in [0, 0.1) is 0 Å². The summed E-state index contributed by atoms with van der Waals surface area (Å²) in [5, 5.41) is 5.90. The molecule has 0 unspecified atom stereocenters. The van der Waals surface area contributed by atoms with Crippen molar-refractivity contribution in [3.05, 3.63) is 243 Å². The predicted molar refractivity (Wildman–Crippen MR) is 285 cm³/mol. The molecule has 6 heteroatoms. The third-order valence-electron chi connectivity index (χ3n) is 13.7. The predicted octanol–water partition coefficient (Wildman–Crippen LogP) is 15.8. The first-order valence-corrected chi connectivity index (χ1v) is 23.4. The minimum absolute atomic E-state index is 0.693. The third kappa shape index (κ3) is 6.16. The molecule has 0 aliphatic carbocycles. The van der Waals surface area contributed by atoms with Gasteiger partial charge in [-0.25, -0.2) is 9.97 Å². The van der Waals surface area contributed by atoms with Crippen molar-refractivity contribution in [2.75, 3.05) is 0 Å². The van der Waals surface area contributed by atoms with Gasteiger partial charge >= 0.3 is 0 Å². The lowest BCUT2D eigenvalue weighted by Crippen LogP contribution is -2.10. The van der Waals surface area contributed by atoms with E-state index in [4.69, 9.17) is 15.0 Å². The molecule has 322 valence electrons. The molecule has 69 heavy (non-hydrogen) atoms. The van der Waals surface area contributed by atoms with Crippen molar-refractivity contribution in [1.82, 2.24) is 28.7 Å². The Bertz CT molecular complexity index is 3940. The van der Waals surface area contributed by atoms with Gasteiger partial charge in [-0.2, -0.15) is 0 Å². The lowest BCUT2D eigenvalue weighted by Gasteiger charge is -2.23. The summed E-state index contributed by atoms with van der Waals surface area (Å²) in [5.41, 5.74) is 17.7. The summed E-state index contributed by atoms with van der Waals surface area (Å²) in [6.07, 6.45) is 1.90. The van der Waals surface area contributed by atoms with Crippen LogP contribution in [0.3, 0.4) is 0 Å². The zero-order valence-corrected chi connectivity index (χ0v) is 37.3. The summed E-state index contributed by atoms with van der Waals surface area (Å²) in [5.74, 6) is 0.693. The van der Waals surface area contributed by atoms with E-state index < -0.39 is 0 Å². The molecule has 0 spiro atoms. The summed E-state index contributed by atoms with van der Waals surface area (Å²) >= 11 is 0. The molecule has 0 fully saturated rings. The molecule has 6 nitrogen and oxygen atoms in total. The molecule has 9 aromatic carbocycles. The molecule has 0 atom stereocenters. The summed E-state index contributed by atoms with van der Waals surface area (Å²) < 4.78 is 7.40. The van der Waals surface area contributed by atoms with Gasteiger partial charge in [-0.3, -0.25) is 4.98 Å². The Morgan fingerprint density at radius 2 is 0.667 bits per heavy atom. The van der Waals surface area contributed by atoms with Crippen LogP contribution in [0.2, 0.25) is 0 Å². The highest BCUT2D eigenvalue weighted by atomic mass is 15.1. The van der Waals surface area contributed by atoms with Crippen molar-refractivity contribution in [2.24, 2.45) is 0 Å². The Kier molecular flexibility index (Phi) is 8.79. The van der Waals surface area contributed by atoms with Crippen molar-refractivity contribution in [3.8, 4) is 62.1 Å². The SMILES string of the molecule is c1ccc(-c2cc(-c3ccc(-c4cc(-n5c6ccccc6c6ccccc65)c(-n5c6ccccc6c6ncccc65)c(-n5c6ccccc6c6ccccc65)c4)cc3)nc(-c3ccccc3)n2)cc1. The molecule has 0 aliphatic rings. The third-order valence-corrected chi connectivity index (χ3v) is 13.7. The largest absolute Gasteiger partial charge is 0.307 e. The Morgan fingerprint density at radius 3 is 1.17 bits per heavy atom. The molecular formula is C63H40N6. The minimum Gasteiger partial charge on any atom is -0.307 e. The molecule has 14 aromatic rings. The highest BCUT2D eigenvalue weighted by Crippen LogP contribution is 2.45. The van der Waals surface area contributed by atoms with Crippen molar-refractivity contribution < 1.29 is 0 Å². The smallest absolute Gasteiger partial charge is 0.160 e. The molecule has 0 bridgehead atoms. The van der Waals surface area contributed by atoms with Gasteiger partial charge in [0.05, 0.1) is 67.1 Å². The van der Waals surface area contributed by atoms with Crippen LogP contribution in [0.25, 0.3) is 128 Å². The number of hydrogen-bond acceptors (Lipinski definition) is 3. The first kappa shape index (κ1) is 38.8. The first-order chi connectivity index (χ1) is 34.2. The second kappa shape index (κ2) is 15.6. The molecule has 0 saturated heterocycles. The Morgan fingerprint density at radius 1 is 0.275 bits per heavy atom. The van der Waals surface area contributed by atoms with E-state index in [-0.39, 0.29) is 0 Å². The van der Waals surface area contributed by atoms with Gasteiger partial charge in [0.2, 0.25) is 0 Å². The van der Waals surface area contributed by atoms with Crippen LogP contribution in [0.4, 0.5) is 0 Å². The van der Waals surface area contributed by atoms with E-state index in [0.29, 0.717) is 5.82 Å². The molecule has 5 aromatic heterocycles. The van der Waals surface area contributed by atoms with E-state index >= 15 is 0 Å². The average Bonchev–Trinajstić information content (AvgIpc) is 4.07. The lowest BCUT2D eigenvalue weighted by molar-refractivity contribution is 1.05. The van der Waals surface area contributed by atoms with E-state index in [1.807, 2.05) is 30.5 Å². The fourth-order valence-electron chi connectivity index (χ4n) is 10.6. The molecule has 0 N–H and O–H groups in total. The highest BCUT2D eigenvalue weighted by molar-refractivity contribution is 6.13. The van der Waals surface area contributed by atoms with Gasteiger partial charge < -0.3 is 13.7 Å². The van der Waals surface area contributed by atoms with Gasteiger partial charge in [-0.05, 0) is 71.8 Å². The normalized spacial score (nSPS) is 11.8. The molecule has 14 rings (SSSR count). The van der Waals surface area contributed by atoms with E-state index in [1.165, 1.54) is 21.5 Å². The molecule has 0 aliphatic heterocycles. The summed E-state index contributed by atoms with van der Waals surface area (Å²) in [6, 6.07) is 84.5. The average molecular weight is 881 g/mol. The Labute approximate surface area is 397 Å².